The number of imidazole rings is 1. The monoisotopic (exact) mass is 372 g/mol. The number of fused-ring (bicyclic) bond motifs is 1. The van der Waals surface area contributed by atoms with Crippen molar-refractivity contribution in [3.05, 3.63) is 89.7 Å². The van der Waals surface area contributed by atoms with Gasteiger partial charge in [-0.3, -0.25) is 0 Å². The van der Waals surface area contributed by atoms with Crippen molar-refractivity contribution in [3.63, 3.8) is 0 Å². The Kier molecular flexibility index (Phi) is 4.91. The minimum Gasteiger partial charge on any atom is -0.478 e. The van der Waals surface area contributed by atoms with Gasteiger partial charge in [0.25, 0.3) is 0 Å². The maximum absolute atomic E-state index is 11.5. The molecule has 28 heavy (non-hydrogen) atoms. The van der Waals surface area contributed by atoms with Crippen LogP contribution in [0.1, 0.15) is 21.7 Å². The van der Waals surface area contributed by atoms with Crippen molar-refractivity contribution in [2.75, 3.05) is 7.11 Å². The first-order valence-electron chi connectivity index (χ1n) is 9.02. The third-order valence-corrected chi connectivity index (χ3v) is 4.77. The minimum atomic E-state index is -0.922. The van der Waals surface area contributed by atoms with E-state index in [1.54, 1.807) is 19.2 Å². The van der Waals surface area contributed by atoms with Gasteiger partial charge in [-0.05, 0) is 34.9 Å². The molecule has 4 aromatic rings. The van der Waals surface area contributed by atoms with E-state index in [1.165, 1.54) is 0 Å². The highest BCUT2D eigenvalue weighted by molar-refractivity contribution is 5.96. The van der Waals surface area contributed by atoms with Crippen molar-refractivity contribution in [1.29, 1.82) is 0 Å². The fourth-order valence-corrected chi connectivity index (χ4v) is 3.43. The number of aromatic carboxylic acids is 1. The third-order valence-electron chi connectivity index (χ3n) is 4.77. The Hall–Kier alpha value is -3.44. The van der Waals surface area contributed by atoms with Gasteiger partial charge in [-0.2, -0.15) is 0 Å². The molecule has 0 radical (unpaired) electrons. The van der Waals surface area contributed by atoms with E-state index in [0.29, 0.717) is 18.7 Å². The zero-order chi connectivity index (χ0) is 19.5. The van der Waals surface area contributed by atoms with Crippen LogP contribution in [-0.4, -0.2) is 27.7 Å². The molecule has 0 bridgehead atoms. The highest BCUT2D eigenvalue weighted by Gasteiger charge is 2.12. The molecule has 140 valence electrons. The molecule has 0 fully saturated rings. The molecule has 0 aliphatic heterocycles. The Balaban J connectivity index is 1.67. The van der Waals surface area contributed by atoms with Crippen LogP contribution in [0.4, 0.5) is 0 Å². The predicted octanol–water partition coefficient (Wildman–Crippen LogP) is 4.60. The third kappa shape index (κ3) is 3.40. The molecule has 1 heterocycles. The van der Waals surface area contributed by atoms with E-state index < -0.39 is 5.97 Å². The number of carboxylic acids is 1. The van der Waals surface area contributed by atoms with Crippen LogP contribution in [0.25, 0.3) is 22.2 Å². The highest BCUT2D eigenvalue weighted by atomic mass is 16.5. The van der Waals surface area contributed by atoms with Crippen LogP contribution in [-0.2, 0) is 17.9 Å². The van der Waals surface area contributed by atoms with Gasteiger partial charge in [-0.15, -0.1) is 0 Å². The molecule has 1 aromatic heterocycles. The maximum atomic E-state index is 11.5. The molecule has 0 saturated heterocycles. The summed E-state index contributed by atoms with van der Waals surface area (Å²) in [6.45, 7) is 1.11. The number of para-hydroxylation sites is 2. The van der Waals surface area contributed by atoms with Crippen molar-refractivity contribution in [3.8, 4) is 11.1 Å². The average Bonchev–Trinajstić information content (AvgIpc) is 3.06. The number of ether oxygens (including phenoxy) is 1. The number of aromatic nitrogens is 2. The summed E-state index contributed by atoms with van der Waals surface area (Å²) in [5.74, 6) is -0.0437. The lowest BCUT2D eigenvalue weighted by Gasteiger charge is -2.11. The largest absolute Gasteiger partial charge is 0.478 e. The first kappa shape index (κ1) is 17.9. The zero-order valence-corrected chi connectivity index (χ0v) is 15.5. The molecule has 5 heteroatoms. The molecule has 1 N–H and O–H groups in total. The highest BCUT2D eigenvalue weighted by Crippen LogP contribution is 2.25. The van der Waals surface area contributed by atoms with Crippen molar-refractivity contribution >= 4 is 17.0 Å². The Labute approximate surface area is 162 Å². The van der Waals surface area contributed by atoms with Crippen LogP contribution in [0.15, 0.2) is 72.8 Å². The minimum absolute atomic E-state index is 0.304. The van der Waals surface area contributed by atoms with Gasteiger partial charge in [0.1, 0.15) is 12.4 Å². The van der Waals surface area contributed by atoms with Gasteiger partial charge in [0.2, 0.25) is 0 Å². The number of nitrogens with zero attached hydrogens (tertiary/aromatic N) is 2. The molecular weight excluding hydrogens is 352 g/mol. The zero-order valence-electron chi connectivity index (χ0n) is 15.5. The van der Waals surface area contributed by atoms with Crippen LogP contribution in [0, 0.1) is 0 Å². The predicted molar refractivity (Wildman–Crippen MR) is 108 cm³/mol. The van der Waals surface area contributed by atoms with Crippen molar-refractivity contribution < 1.29 is 14.6 Å². The Morgan fingerprint density at radius 3 is 2.46 bits per heavy atom. The molecule has 0 amide bonds. The van der Waals surface area contributed by atoms with E-state index in [0.717, 1.165) is 33.5 Å². The van der Waals surface area contributed by atoms with Gasteiger partial charge in [-0.25, -0.2) is 9.78 Å². The van der Waals surface area contributed by atoms with E-state index in [1.807, 2.05) is 54.6 Å². The maximum Gasteiger partial charge on any atom is 0.336 e. The lowest BCUT2D eigenvalue weighted by molar-refractivity contribution is 0.0697. The van der Waals surface area contributed by atoms with Gasteiger partial charge >= 0.3 is 5.97 Å². The molecule has 3 aromatic carbocycles. The van der Waals surface area contributed by atoms with E-state index in [9.17, 15) is 9.90 Å². The number of methoxy groups -OCH3 is 1. The van der Waals surface area contributed by atoms with E-state index in [-0.39, 0.29) is 0 Å². The summed E-state index contributed by atoms with van der Waals surface area (Å²) in [6.07, 6.45) is 0. The normalized spacial score (nSPS) is 11.0. The summed E-state index contributed by atoms with van der Waals surface area (Å²) in [6, 6.07) is 23.1. The summed E-state index contributed by atoms with van der Waals surface area (Å²) >= 11 is 0. The molecule has 5 nitrogen and oxygen atoms in total. The Morgan fingerprint density at radius 2 is 1.71 bits per heavy atom. The summed E-state index contributed by atoms with van der Waals surface area (Å²) < 4.78 is 7.46. The fraction of sp³-hybridized carbons (Fsp3) is 0.130. The first-order chi connectivity index (χ1) is 13.7. The second-order valence-corrected chi connectivity index (χ2v) is 6.58. The van der Waals surface area contributed by atoms with Gasteiger partial charge in [-0.1, -0.05) is 54.6 Å². The van der Waals surface area contributed by atoms with Crippen molar-refractivity contribution in [1.82, 2.24) is 9.55 Å². The van der Waals surface area contributed by atoms with E-state index in [2.05, 4.69) is 15.6 Å². The quantitative estimate of drug-likeness (QED) is 0.537. The SMILES string of the molecule is COCc1nc2ccccc2n1Cc1ccc(-c2ccccc2C(=O)O)cc1. The van der Waals surface area contributed by atoms with E-state index >= 15 is 0 Å². The van der Waals surface area contributed by atoms with Crippen LogP contribution in [0.3, 0.4) is 0 Å². The second kappa shape index (κ2) is 7.66. The molecular formula is C23H20N2O3. The lowest BCUT2D eigenvalue weighted by Crippen LogP contribution is -2.06. The lowest BCUT2D eigenvalue weighted by atomic mass is 9.99. The van der Waals surface area contributed by atoms with Gasteiger partial charge < -0.3 is 14.4 Å². The summed E-state index contributed by atoms with van der Waals surface area (Å²) in [5.41, 5.74) is 5.02. The molecule has 0 aliphatic carbocycles. The van der Waals surface area contributed by atoms with Crippen LogP contribution in [0.2, 0.25) is 0 Å². The number of carboxylic acid groups (broad SMARTS) is 1. The van der Waals surface area contributed by atoms with E-state index in [4.69, 9.17) is 4.74 Å². The summed E-state index contributed by atoms with van der Waals surface area (Å²) in [7, 11) is 1.67. The number of hydrogen-bond acceptors (Lipinski definition) is 3. The number of carbonyl (C=O) groups is 1. The number of hydrogen-bond donors (Lipinski definition) is 1. The second-order valence-electron chi connectivity index (χ2n) is 6.58. The fourth-order valence-electron chi connectivity index (χ4n) is 3.43. The van der Waals surface area contributed by atoms with Crippen molar-refractivity contribution in [2.45, 2.75) is 13.2 Å². The Morgan fingerprint density at radius 1 is 1.00 bits per heavy atom. The first-order valence-corrected chi connectivity index (χ1v) is 9.02. The van der Waals surface area contributed by atoms with Crippen molar-refractivity contribution in [2.24, 2.45) is 0 Å². The van der Waals surface area contributed by atoms with Gasteiger partial charge in [0.15, 0.2) is 0 Å². The van der Waals surface area contributed by atoms with Crippen LogP contribution >= 0.6 is 0 Å². The molecule has 0 unspecified atom stereocenters. The Bertz CT molecular complexity index is 1130. The standard InChI is InChI=1S/C23H20N2O3/c1-28-15-22-24-20-8-4-5-9-21(20)25(22)14-16-10-12-17(13-11-16)18-6-2-3-7-19(18)23(26)27/h2-13H,14-15H2,1H3,(H,26,27). The van der Waals surface area contributed by atoms with Gasteiger partial charge in [0.05, 0.1) is 16.6 Å². The molecule has 0 spiro atoms. The topological polar surface area (TPSA) is 64.4 Å². The number of rotatable bonds is 6. The molecule has 0 saturated carbocycles. The summed E-state index contributed by atoms with van der Waals surface area (Å²) in [4.78, 5) is 16.1. The van der Waals surface area contributed by atoms with Gasteiger partial charge in [0, 0.05) is 13.7 Å². The number of benzene rings is 3. The molecule has 0 aliphatic rings. The smallest absolute Gasteiger partial charge is 0.336 e. The molecule has 0 atom stereocenters. The summed E-state index contributed by atoms with van der Waals surface area (Å²) in [5, 5.41) is 9.41. The van der Waals surface area contributed by atoms with Crippen LogP contribution < -0.4 is 0 Å². The molecule has 4 rings (SSSR count). The van der Waals surface area contributed by atoms with Crippen LogP contribution in [0.5, 0.6) is 0 Å². The average molecular weight is 372 g/mol.